The summed E-state index contributed by atoms with van der Waals surface area (Å²) in [5.74, 6) is 0.367. The third kappa shape index (κ3) is 7.98. The molecule has 1 aliphatic rings. The number of rotatable bonds is 13. The smallest absolute Gasteiger partial charge is 0.328 e. The molecule has 1 N–H and O–H groups in total. The van der Waals surface area contributed by atoms with E-state index in [1.54, 1.807) is 30.3 Å². The summed E-state index contributed by atoms with van der Waals surface area (Å²) in [7, 11) is 1.35. The van der Waals surface area contributed by atoms with Gasteiger partial charge in [0, 0.05) is 34.8 Å². The van der Waals surface area contributed by atoms with Gasteiger partial charge in [0.05, 0.1) is 13.7 Å². The van der Waals surface area contributed by atoms with Crippen LogP contribution in [0.4, 0.5) is 11.4 Å². The lowest BCUT2D eigenvalue weighted by Crippen LogP contribution is -2.38. The minimum atomic E-state index is -0.712. The number of hydrogen-bond acceptors (Lipinski definition) is 6. The lowest BCUT2D eigenvalue weighted by Gasteiger charge is -2.27. The summed E-state index contributed by atoms with van der Waals surface area (Å²) in [5, 5.41) is 3.25. The van der Waals surface area contributed by atoms with Crippen LogP contribution in [0.2, 0.25) is 0 Å². The Kier molecular flexibility index (Phi) is 10.6. The molecular formula is C38H40N2O5. The van der Waals surface area contributed by atoms with E-state index >= 15 is 0 Å². The van der Waals surface area contributed by atoms with Crippen molar-refractivity contribution in [1.29, 1.82) is 0 Å². The fraction of sp³-hybridized carbons (Fsp3) is 0.289. The standard InChI is InChI=1S/C38H40N2O5/c1-27-12-6-11-19-35(27)40(37(42)30-15-7-8-16-30)24-25-45-31-22-20-28(21-23-31)26-34(38(43)44-2)39-33-18-10-9-17-32(33)36(41)29-13-4-3-5-14-29/h3-6,9-14,17-23,30,34,39H,7-8,15-16,24-26H2,1-2H3. The van der Waals surface area contributed by atoms with Crippen molar-refractivity contribution in [2.75, 3.05) is 30.5 Å². The van der Waals surface area contributed by atoms with E-state index in [4.69, 9.17) is 9.47 Å². The summed E-state index contributed by atoms with van der Waals surface area (Å²) in [6, 6.07) is 31.1. The molecule has 1 fully saturated rings. The van der Waals surface area contributed by atoms with Gasteiger partial charge in [0.1, 0.15) is 18.4 Å². The number of ketones is 1. The van der Waals surface area contributed by atoms with Gasteiger partial charge < -0.3 is 19.7 Å². The molecule has 1 amide bonds. The van der Waals surface area contributed by atoms with Crippen LogP contribution in [0.25, 0.3) is 0 Å². The van der Waals surface area contributed by atoms with Crippen LogP contribution in [0, 0.1) is 12.8 Å². The number of para-hydroxylation sites is 2. The molecule has 0 radical (unpaired) electrons. The van der Waals surface area contributed by atoms with Gasteiger partial charge in [0.15, 0.2) is 5.78 Å². The zero-order valence-corrected chi connectivity index (χ0v) is 25.9. The molecule has 1 atom stereocenters. The monoisotopic (exact) mass is 604 g/mol. The maximum atomic E-state index is 13.4. The third-order valence-electron chi connectivity index (χ3n) is 8.35. The summed E-state index contributed by atoms with van der Waals surface area (Å²) in [6.07, 6.45) is 4.44. The minimum Gasteiger partial charge on any atom is -0.492 e. The molecule has 232 valence electrons. The molecule has 1 saturated carbocycles. The zero-order chi connectivity index (χ0) is 31.6. The lowest BCUT2D eigenvalue weighted by atomic mass is 10.00. The summed E-state index contributed by atoms with van der Waals surface area (Å²) in [4.78, 5) is 41.3. The van der Waals surface area contributed by atoms with Crippen molar-refractivity contribution in [2.45, 2.75) is 45.1 Å². The van der Waals surface area contributed by atoms with E-state index < -0.39 is 12.0 Å². The molecule has 5 rings (SSSR count). The van der Waals surface area contributed by atoms with E-state index in [-0.39, 0.29) is 17.6 Å². The normalized spacial score (nSPS) is 13.6. The average molecular weight is 605 g/mol. The Balaban J connectivity index is 1.23. The van der Waals surface area contributed by atoms with Crippen molar-refractivity contribution < 1.29 is 23.9 Å². The second kappa shape index (κ2) is 15.2. The Morgan fingerprint density at radius 1 is 0.844 bits per heavy atom. The number of carbonyl (C=O) groups excluding carboxylic acids is 3. The third-order valence-corrected chi connectivity index (χ3v) is 8.35. The number of ether oxygens (including phenoxy) is 2. The van der Waals surface area contributed by atoms with E-state index in [9.17, 15) is 14.4 Å². The Bertz CT molecular complexity index is 1600. The molecular weight excluding hydrogens is 564 g/mol. The molecule has 7 nitrogen and oxygen atoms in total. The van der Waals surface area contributed by atoms with Crippen LogP contribution in [0.5, 0.6) is 5.75 Å². The van der Waals surface area contributed by atoms with Gasteiger partial charge in [-0.15, -0.1) is 0 Å². The van der Waals surface area contributed by atoms with E-state index in [2.05, 4.69) is 5.32 Å². The van der Waals surface area contributed by atoms with E-state index in [1.165, 1.54) is 7.11 Å². The number of nitrogens with zero attached hydrogens (tertiary/aromatic N) is 1. The lowest BCUT2D eigenvalue weighted by molar-refractivity contribution is -0.141. The molecule has 0 aliphatic heterocycles. The first-order valence-electron chi connectivity index (χ1n) is 15.6. The van der Waals surface area contributed by atoms with Crippen LogP contribution >= 0.6 is 0 Å². The number of nitrogens with one attached hydrogen (secondary N) is 1. The van der Waals surface area contributed by atoms with Crippen LogP contribution < -0.4 is 15.0 Å². The highest BCUT2D eigenvalue weighted by Gasteiger charge is 2.29. The summed E-state index contributed by atoms with van der Waals surface area (Å²) in [5.41, 5.74) is 4.51. The fourth-order valence-corrected chi connectivity index (χ4v) is 5.90. The number of amides is 1. The summed E-state index contributed by atoms with van der Waals surface area (Å²) in [6.45, 7) is 2.84. The molecule has 4 aromatic carbocycles. The molecule has 1 aliphatic carbocycles. The second-order valence-electron chi connectivity index (χ2n) is 11.4. The van der Waals surface area contributed by atoms with Gasteiger partial charge in [-0.1, -0.05) is 85.6 Å². The van der Waals surface area contributed by atoms with Gasteiger partial charge >= 0.3 is 5.97 Å². The first-order valence-corrected chi connectivity index (χ1v) is 15.6. The minimum absolute atomic E-state index is 0.0729. The van der Waals surface area contributed by atoms with Crippen molar-refractivity contribution >= 4 is 29.0 Å². The number of hydrogen-bond donors (Lipinski definition) is 1. The number of aryl methyl sites for hydroxylation is 1. The highest BCUT2D eigenvalue weighted by Crippen LogP contribution is 2.30. The second-order valence-corrected chi connectivity index (χ2v) is 11.4. The molecule has 0 bridgehead atoms. The molecule has 45 heavy (non-hydrogen) atoms. The molecule has 4 aromatic rings. The Labute approximate surface area is 265 Å². The number of benzene rings is 4. The van der Waals surface area contributed by atoms with E-state index in [0.717, 1.165) is 42.5 Å². The zero-order valence-electron chi connectivity index (χ0n) is 25.9. The van der Waals surface area contributed by atoms with Crippen molar-refractivity contribution in [3.05, 3.63) is 125 Å². The van der Waals surface area contributed by atoms with Gasteiger partial charge in [-0.2, -0.15) is 0 Å². The topological polar surface area (TPSA) is 84.9 Å². The van der Waals surface area contributed by atoms with Gasteiger partial charge in [-0.3, -0.25) is 9.59 Å². The Hall–Kier alpha value is -4.91. The highest BCUT2D eigenvalue weighted by atomic mass is 16.5. The SMILES string of the molecule is COC(=O)C(Cc1ccc(OCCN(C(=O)C2CCCC2)c2ccccc2C)cc1)Nc1ccccc1C(=O)c1ccccc1. The number of esters is 1. The van der Waals surface area contributed by atoms with Crippen LogP contribution in [-0.2, 0) is 20.7 Å². The van der Waals surface area contributed by atoms with E-state index in [0.29, 0.717) is 42.1 Å². The van der Waals surface area contributed by atoms with E-state index in [1.807, 2.05) is 84.6 Å². The average Bonchev–Trinajstić information content (AvgIpc) is 3.63. The number of carbonyl (C=O) groups is 3. The largest absolute Gasteiger partial charge is 0.492 e. The molecule has 0 spiro atoms. The maximum Gasteiger partial charge on any atom is 0.328 e. The number of methoxy groups -OCH3 is 1. The van der Waals surface area contributed by atoms with Crippen LogP contribution in [0.1, 0.15) is 52.7 Å². The fourth-order valence-electron chi connectivity index (χ4n) is 5.90. The quantitative estimate of drug-likeness (QED) is 0.130. The first kappa shape index (κ1) is 31.5. The van der Waals surface area contributed by atoms with Crippen molar-refractivity contribution in [2.24, 2.45) is 5.92 Å². The maximum absolute atomic E-state index is 13.4. The first-order chi connectivity index (χ1) is 21.9. The summed E-state index contributed by atoms with van der Waals surface area (Å²) >= 11 is 0. The molecule has 0 heterocycles. The van der Waals surface area contributed by atoms with Gasteiger partial charge in [-0.05, 0) is 61.2 Å². The van der Waals surface area contributed by atoms with Crippen LogP contribution in [-0.4, -0.2) is 44.0 Å². The van der Waals surface area contributed by atoms with Crippen molar-refractivity contribution in [3.8, 4) is 5.75 Å². The Morgan fingerprint density at radius 3 is 2.22 bits per heavy atom. The molecule has 1 unspecified atom stereocenters. The van der Waals surface area contributed by atoms with Gasteiger partial charge in [-0.25, -0.2) is 4.79 Å². The van der Waals surface area contributed by atoms with Crippen molar-refractivity contribution in [3.63, 3.8) is 0 Å². The molecule has 7 heteroatoms. The van der Waals surface area contributed by atoms with Gasteiger partial charge in [0.25, 0.3) is 0 Å². The summed E-state index contributed by atoms with van der Waals surface area (Å²) < 4.78 is 11.2. The highest BCUT2D eigenvalue weighted by molar-refractivity contribution is 6.12. The predicted octanol–water partition coefficient (Wildman–Crippen LogP) is 7.02. The molecule has 0 aromatic heterocycles. The molecule has 0 saturated heterocycles. The number of anilines is 2. The Morgan fingerprint density at radius 2 is 1.51 bits per heavy atom. The van der Waals surface area contributed by atoms with Crippen LogP contribution in [0.15, 0.2) is 103 Å². The van der Waals surface area contributed by atoms with Crippen LogP contribution in [0.3, 0.4) is 0 Å². The van der Waals surface area contributed by atoms with Gasteiger partial charge in [0.2, 0.25) is 5.91 Å². The van der Waals surface area contributed by atoms with Crippen molar-refractivity contribution in [1.82, 2.24) is 0 Å². The predicted molar refractivity (Wildman–Crippen MR) is 177 cm³/mol.